The molecule has 2 aromatic rings. The highest BCUT2D eigenvalue weighted by molar-refractivity contribution is 6.02. The Bertz CT molecular complexity index is 521. The number of hydrogen-bond acceptors (Lipinski definition) is 3. The summed E-state index contributed by atoms with van der Waals surface area (Å²) in [5.74, 6) is -0.101. The van der Waals surface area contributed by atoms with E-state index in [1.807, 2.05) is 30.3 Å². The summed E-state index contributed by atoms with van der Waals surface area (Å²) in [6.45, 7) is 0.701. The van der Waals surface area contributed by atoms with Crippen LogP contribution in [-0.2, 0) is 6.54 Å². The van der Waals surface area contributed by atoms with Crippen molar-refractivity contribution in [3.63, 3.8) is 0 Å². The minimum atomic E-state index is -0.101. The van der Waals surface area contributed by atoms with Crippen molar-refractivity contribution < 1.29 is 4.79 Å². The Balaban J connectivity index is 1.84. The molecule has 0 amide bonds. The zero-order chi connectivity index (χ0) is 12.6. The van der Waals surface area contributed by atoms with Gasteiger partial charge < -0.3 is 5.32 Å². The molecule has 0 saturated heterocycles. The zero-order valence-electron chi connectivity index (χ0n) is 9.91. The maximum atomic E-state index is 11.7. The van der Waals surface area contributed by atoms with Crippen molar-refractivity contribution in [2.24, 2.45) is 0 Å². The van der Waals surface area contributed by atoms with Gasteiger partial charge in [0.2, 0.25) is 5.78 Å². The number of allylic oxidation sites excluding steroid dienone is 1. The minimum Gasteiger partial charge on any atom is -0.387 e. The number of benzene rings is 1. The molecule has 0 bridgehead atoms. The molecule has 90 valence electrons. The van der Waals surface area contributed by atoms with Gasteiger partial charge >= 0.3 is 0 Å². The lowest BCUT2D eigenvalue weighted by atomic mass is 10.2. The number of nitrogens with one attached hydrogen (secondary N) is 1. The Morgan fingerprint density at radius 1 is 1.11 bits per heavy atom. The van der Waals surface area contributed by atoms with E-state index in [0.29, 0.717) is 12.2 Å². The van der Waals surface area contributed by atoms with Crippen molar-refractivity contribution in [1.29, 1.82) is 0 Å². The summed E-state index contributed by atoms with van der Waals surface area (Å²) < 4.78 is 0. The van der Waals surface area contributed by atoms with Crippen molar-refractivity contribution >= 4 is 5.78 Å². The van der Waals surface area contributed by atoms with Crippen molar-refractivity contribution in [1.82, 2.24) is 10.3 Å². The first-order chi connectivity index (χ1) is 8.86. The van der Waals surface area contributed by atoms with Crippen molar-refractivity contribution in [2.75, 3.05) is 0 Å². The first-order valence-electron chi connectivity index (χ1n) is 5.75. The third-order valence-electron chi connectivity index (χ3n) is 2.42. The van der Waals surface area contributed by atoms with Crippen LogP contribution in [0.3, 0.4) is 0 Å². The molecule has 3 nitrogen and oxygen atoms in total. The van der Waals surface area contributed by atoms with Gasteiger partial charge in [-0.25, -0.2) is 0 Å². The summed E-state index contributed by atoms with van der Waals surface area (Å²) in [6.07, 6.45) is 4.76. The van der Waals surface area contributed by atoms with Gasteiger partial charge in [-0.05, 0) is 17.7 Å². The molecule has 1 heterocycles. The Hall–Kier alpha value is -2.42. The van der Waals surface area contributed by atoms with E-state index in [1.54, 1.807) is 30.6 Å². The van der Waals surface area contributed by atoms with E-state index in [2.05, 4.69) is 10.3 Å². The molecule has 1 aromatic heterocycles. The average Bonchev–Trinajstić information content (AvgIpc) is 2.45. The Morgan fingerprint density at radius 3 is 2.61 bits per heavy atom. The molecule has 0 atom stereocenters. The van der Waals surface area contributed by atoms with Crippen molar-refractivity contribution in [3.8, 4) is 0 Å². The number of aromatic nitrogens is 1. The predicted octanol–water partition coefficient (Wildman–Crippen LogP) is 2.57. The van der Waals surface area contributed by atoms with Gasteiger partial charge in [-0.1, -0.05) is 36.4 Å². The quantitative estimate of drug-likeness (QED) is 0.643. The molecule has 0 fully saturated rings. The minimum absolute atomic E-state index is 0.101. The van der Waals surface area contributed by atoms with Crippen LogP contribution in [-0.4, -0.2) is 10.8 Å². The molecular weight excluding hydrogens is 224 g/mol. The lowest BCUT2D eigenvalue weighted by Crippen LogP contribution is -2.06. The van der Waals surface area contributed by atoms with E-state index in [1.165, 1.54) is 11.6 Å². The summed E-state index contributed by atoms with van der Waals surface area (Å²) in [4.78, 5) is 15.7. The standard InChI is InChI=1S/C15H14N2O/c18-15(14-8-4-5-10-17-14)9-11-16-12-13-6-2-1-3-7-13/h1-11,16H,12H2/b11-9-. The number of hydrogen-bond donors (Lipinski definition) is 1. The molecule has 0 aliphatic carbocycles. The Labute approximate surface area is 106 Å². The maximum Gasteiger partial charge on any atom is 0.205 e. The summed E-state index contributed by atoms with van der Waals surface area (Å²) >= 11 is 0. The summed E-state index contributed by atoms with van der Waals surface area (Å²) in [7, 11) is 0. The van der Waals surface area contributed by atoms with Crippen LogP contribution in [0, 0.1) is 0 Å². The van der Waals surface area contributed by atoms with Gasteiger partial charge in [-0.15, -0.1) is 0 Å². The molecule has 1 aromatic carbocycles. The summed E-state index contributed by atoms with van der Waals surface area (Å²) in [5, 5.41) is 3.07. The van der Waals surface area contributed by atoms with E-state index in [9.17, 15) is 4.79 Å². The second-order valence-corrected chi connectivity index (χ2v) is 3.78. The van der Waals surface area contributed by atoms with Crippen LogP contribution in [0.25, 0.3) is 0 Å². The third kappa shape index (κ3) is 3.56. The maximum absolute atomic E-state index is 11.7. The monoisotopic (exact) mass is 238 g/mol. The van der Waals surface area contributed by atoms with Gasteiger partial charge in [0.05, 0.1) is 0 Å². The SMILES string of the molecule is O=C(/C=C\NCc1ccccc1)c1ccccn1. The lowest BCUT2D eigenvalue weighted by molar-refractivity contribution is 0.104. The van der Waals surface area contributed by atoms with E-state index in [0.717, 1.165) is 0 Å². The highest BCUT2D eigenvalue weighted by Gasteiger charge is 2.00. The second kappa shape index (κ2) is 6.35. The fourth-order valence-electron chi connectivity index (χ4n) is 1.50. The molecule has 18 heavy (non-hydrogen) atoms. The molecular formula is C15H14N2O. The van der Waals surface area contributed by atoms with Crippen LogP contribution in [0.15, 0.2) is 67.0 Å². The number of nitrogens with zero attached hydrogens (tertiary/aromatic N) is 1. The first-order valence-corrected chi connectivity index (χ1v) is 5.75. The molecule has 1 N–H and O–H groups in total. The van der Waals surface area contributed by atoms with Crippen LogP contribution >= 0.6 is 0 Å². The molecule has 0 spiro atoms. The number of pyridine rings is 1. The number of carbonyl (C=O) groups excluding carboxylic acids is 1. The zero-order valence-corrected chi connectivity index (χ0v) is 9.91. The predicted molar refractivity (Wildman–Crippen MR) is 71.0 cm³/mol. The van der Waals surface area contributed by atoms with E-state index in [4.69, 9.17) is 0 Å². The van der Waals surface area contributed by atoms with Gasteiger partial charge in [-0.3, -0.25) is 9.78 Å². The van der Waals surface area contributed by atoms with E-state index < -0.39 is 0 Å². The molecule has 0 saturated carbocycles. The third-order valence-corrected chi connectivity index (χ3v) is 2.42. The smallest absolute Gasteiger partial charge is 0.205 e. The molecule has 0 unspecified atom stereocenters. The van der Waals surface area contributed by atoms with Crippen LogP contribution < -0.4 is 5.32 Å². The highest BCUT2D eigenvalue weighted by Crippen LogP contribution is 1.98. The van der Waals surface area contributed by atoms with Crippen LogP contribution in [0.2, 0.25) is 0 Å². The number of ketones is 1. The average molecular weight is 238 g/mol. The molecule has 0 aliphatic rings. The lowest BCUT2D eigenvalue weighted by Gasteiger charge is -2.00. The number of carbonyl (C=O) groups is 1. The van der Waals surface area contributed by atoms with Gasteiger partial charge in [-0.2, -0.15) is 0 Å². The normalized spacial score (nSPS) is 10.4. The Morgan fingerprint density at radius 2 is 1.89 bits per heavy atom. The topological polar surface area (TPSA) is 42.0 Å². The van der Waals surface area contributed by atoms with Gasteiger partial charge in [0.25, 0.3) is 0 Å². The van der Waals surface area contributed by atoms with Gasteiger partial charge in [0, 0.05) is 25.0 Å². The first kappa shape index (κ1) is 12.0. The Kier molecular flexibility index (Phi) is 4.25. The van der Waals surface area contributed by atoms with Crippen molar-refractivity contribution in [3.05, 3.63) is 78.3 Å². The molecule has 2 rings (SSSR count). The van der Waals surface area contributed by atoms with Gasteiger partial charge in [0.1, 0.15) is 5.69 Å². The molecule has 0 radical (unpaired) electrons. The number of rotatable bonds is 5. The summed E-state index contributed by atoms with van der Waals surface area (Å²) in [6, 6.07) is 15.3. The van der Waals surface area contributed by atoms with Crippen LogP contribution in [0.5, 0.6) is 0 Å². The fraction of sp³-hybridized carbons (Fsp3) is 0.0667. The van der Waals surface area contributed by atoms with E-state index >= 15 is 0 Å². The fourth-order valence-corrected chi connectivity index (χ4v) is 1.50. The second-order valence-electron chi connectivity index (χ2n) is 3.78. The molecule has 3 heteroatoms. The van der Waals surface area contributed by atoms with Crippen molar-refractivity contribution in [2.45, 2.75) is 6.54 Å². The molecule has 0 aliphatic heterocycles. The van der Waals surface area contributed by atoms with Crippen LogP contribution in [0.4, 0.5) is 0 Å². The summed E-state index contributed by atoms with van der Waals surface area (Å²) in [5.41, 5.74) is 1.63. The van der Waals surface area contributed by atoms with Crippen LogP contribution in [0.1, 0.15) is 16.1 Å². The largest absolute Gasteiger partial charge is 0.387 e. The highest BCUT2D eigenvalue weighted by atomic mass is 16.1. The van der Waals surface area contributed by atoms with Gasteiger partial charge in [0.15, 0.2) is 0 Å². The van der Waals surface area contributed by atoms with E-state index in [-0.39, 0.29) is 5.78 Å².